The van der Waals surface area contributed by atoms with Gasteiger partial charge < -0.3 is 4.90 Å². The van der Waals surface area contributed by atoms with Crippen LogP contribution < -0.4 is 5.56 Å². The standard InChI is InChI=1S/C26H28FN3O/c1-18(2)29-14-4-5-22(16-29)17-30-19(3)28-25-13-10-21(15-24(25)26(30)31)7-6-20-8-11-23(27)12-9-20/h8-13,15,18,22H,4-5,14,16-17H2,1-3H3. The number of likely N-dealkylation sites (tertiary alicyclic amines) is 1. The molecule has 4 nitrogen and oxygen atoms in total. The minimum atomic E-state index is -0.285. The van der Waals surface area contributed by atoms with Crippen molar-refractivity contribution in [2.75, 3.05) is 13.1 Å². The van der Waals surface area contributed by atoms with Crippen LogP contribution in [0.25, 0.3) is 10.9 Å². The first-order valence-electron chi connectivity index (χ1n) is 10.9. The highest BCUT2D eigenvalue weighted by atomic mass is 19.1. The fourth-order valence-electron chi connectivity index (χ4n) is 4.28. The number of benzene rings is 2. The Labute approximate surface area is 182 Å². The van der Waals surface area contributed by atoms with E-state index >= 15 is 0 Å². The molecule has 1 fully saturated rings. The average molecular weight is 418 g/mol. The number of nitrogens with zero attached hydrogens (tertiary/aromatic N) is 3. The molecule has 1 atom stereocenters. The van der Waals surface area contributed by atoms with E-state index in [2.05, 4.69) is 35.6 Å². The minimum absolute atomic E-state index is 0.00500. The number of aromatic nitrogens is 2. The summed E-state index contributed by atoms with van der Waals surface area (Å²) in [6.07, 6.45) is 2.30. The summed E-state index contributed by atoms with van der Waals surface area (Å²) >= 11 is 0. The molecule has 4 rings (SSSR count). The monoisotopic (exact) mass is 417 g/mol. The molecule has 3 aromatic rings. The summed E-state index contributed by atoms with van der Waals surface area (Å²) in [5.41, 5.74) is 2.16. The maximum absolute atomic E-state index is 13.3. The SMILES string of the molecule is Cc1nc2ccc(C#Cc3ccc(F)cc3)cc2c(=O)n1CC1CCCN(C(C)C)C1. The number of hydrogen-bond acceptors (Lipinski definition) is 3. The lowest BCUT2D eigenvalue weighted by Gasteiger charge is -2.35. The molecule has 2 aromatic carbocycles. The first kappa shape index (κ1) is 21.3. The Morgan fingerprint density at radius 3 is 2.58 bits per heavy atom. The van der Waals surface area contributed by atoms with Gasteiger partial charge >= 0.3 is 0 Å². The van der Waals surface area contributed by atoms with Gasteiger partial charge in [0.25, 0.3) is 5.56 Å². The zero-order valence-corrected chi connectivity index (χ0v) is 18.4. The van der Waals surface area contributed by atoms with Crippen molar-refractivity contribution in [3.8, 4) is 11.8 Å². The van der Waals surface area contributed by atoms with Crippen molar-refractivity contribution in [3.63, 3.8) is 0 Å². The smallest absolute Gasteiger partial charge is 0.261 e. The summed E-state index contributed by atoms with van der Waals surface area (Å²) < 4.78 is 14.9. The van der Waals surface area contributed by atoms with Gasteiger partial charge in [-0.25, -0.2) is 9.37 Å². The largest absolute Gasteiger partial charge is 0.301 e. The number of halogens is 1. The molecule has 1 aliphatic rings. The van der Waals surface area contributed by atoms with Gasteiger partial charge in [-0.15, -0.1) is 0 Å². The van der Waals surface area contributed by atoms with Crippen molar-refractivity contribution in [3.05, 3.63) is 75.6 Å². The molecule has 0 aliphatic carbocycles. The van der Waals surface area contributed by atoms with Gasteiger partial charge in [-0.05, 0) is 88.5 Å². The molecule has 5 heteroatoms. The quantitative estimate of drug-likeness (QED) is 0.594. The Kier molecular flexibility index (Phi) is 6.20. The fraction of sp³-hybridized carbons (Fsp3) is 0.385. The Bertz CT molecular complexity index is 1200. The topological polar surface area (TPSA) is 38.1 Å². The molecule has 1 saturated heterocycles. The van der Waals surface area contributed by atoms with Crippen LogP contribution in [-0.2, 0) is 6.54 Å². The van der Waals surface area contributed by atoms with E-state index in [1.807, 2.05) is 29.7 Å². The summed E-state index contributed by atoms with van der Waals surface area (Å²) in [5, 5.41) is 0.591. The van der Waals surface area contributed by atoms with Crippen LogP contribution >= 0.6 is 0 Å². The molecule has 31 heavy (non-hydrogen) atoms. The highest BCUT2D eigenvalue weighted by molar-refractivity contribution is 5.79. The third kappa shape index (κ3) is 4.86. The molecule has 0 spiro atoms. The van der Waals surface area contributed by atoms with Gasteiger partial charge in [-0.1, -0.05) is 11.8 Å². The van der Waals surface area contributed by atoms with Crippen LogP contribution in [0.4, 0.5) is 4.39 Å². The highest BCUT2D eigenvalue weighted by Gasteiger charge is 2.23. The average Bonchev–Trinajstić information content (AvgIpc) is 2.76. The van der Waals surface area contributed by atoms with E-state index < -0.39 is 0 Å². The maximum atomic E-state index is 13.3. The second-order valence-corrected chi connectivity index (χ2v) is 8.66. The summed E-state index contributed by atoms with van der Waals surface area (Å²) in [7, 11) is 0. The third-order valence-corrected chi connectivity index (χ3v) is 6.06. The van der Waals surface area contributed by atoms with E-state index in [-0.39, 0.29) is 11.4 Å². The Morgan fingerprint density at radius 1 is 1.13 bits per heavy atom. The minimum Gasteiger partial charge on any atom is -0.301 e. The lowest BCUT2D eigenvalue weighted by molar-refractivity contribution is 0.129. The second kappa shape index (κ2) is 9.03. The first-order valence-corrected chi connectivity index (χ1v) is 10.9. The lowest BCUT2D eigenvalue weighted by atomic mass is 9.96. The van der Waals surface area contributed by atoms with Crippen LogP contribution in [-0.4, -0.2) is 33.6 Å². The number of aryl methyl sites for hydroxylation is 1. The van der Waals surface area contributed by atoms with Gasteiger partial charge in [0, 0.05) is 30.3 Å². The zero-order valence-electron chi connectivity index (χ0n) is 18.4. The number of hydrogen-bond donors (Lipinski definition) is 0. The normalized spacial score (nSPS) is 17.0. The maximum Gasteiger partial charge on any atom is 0.261 e. The third-order valence-electron chi connectivity index (χ3n) is 6.06. The Balaban J connectivity index is 1.63. The number of fused-ring (bicyclic) bond motifs is 1. The fourth-order valence-corrected chi connectivity index (χ4v) is 4.28. The van der Waals surface area contributed by atoms with Crippen LogP contribution in [0.15, 0.2) is 47.3 Å². The molecular formula is C26H28FN3O. The molecule has 1 aromatic heterocycles. The highest BCUT2D eigenvalue weighted by Crippen LogP contribution is 2.20. The van der Waals surface area contributed by atoms with Crippen LogP contribution in [0.5, 0.6) is 0 Å². The van der Waals surface area contributed by atoms with Gasteiger partial charge in [-0.3, -0.25) is 9.36 Å². The van der Waals surface area contributed by atoms with E-state index in [0.717, 1.165) is 36.5 Å². The van der Waals surface area contributed by atoms with E-state index in [9.17, 15) is 9.18 Å². The van der Waals surface area contributed by atoms with Crippen molar-refractivity contribution in [2.45, 2.75) is 46.2 Å². The van der Waals surface area contributed by atoms with Crippen molar-refractivity contribution in [1.82, 2.24) is 14.5 Å². The predicted molar refractivity (Wildman–Crippen MR) is 123 cm³/mol. The number of rotatable bonds is 3. The lowest BCUT2D eigenvalue weighted by Crippen LogP contribution is -2.42. The zero-order chi connectivity index (χ0) is 22.0. The molecule has 1 unspecified atom stereocenters. The number of piperidine rings is 1. The van der Waals surface area contributed by atoms with Crippen molar-refractivity contribution in [1.29, 1.82) is 0 Å². The van der Waals surface area contributed by atoms with E-state index in [1.54, 1.807) is 12.1 Å². The molecule has 2 heterocycles. The summed E-state index contributed by atoms with van der Waals surface area (Å²) in [6, 6.07) is 12.1. The van der Waals surface area contributed by atoms with Gasteiger partial charge in [0.2, 0.25) is 0 Å². The van der Waals surface area contributed by atoms with Gasteiger partial charge in [0.15, 0.2) is 0 Å². The van der Waals surface area contributed by atoms with Crippen molar-refractivity contribution in [2.24, 2.45) is 5.92 Å². The van der Waals surface area contributed by atoms with Gasteiger partial charge in [-0.2, -0.15) is 0 Å². The molecule has 0 radical (unpaired) electrons. The second-order valence-electron chi connectivity index (χ2n) is 8.66. The van der Waals surface area contributed by atoms with Gasteiger partial charge in [0.1, 0.15) is 11.6 Å². The molecule has 0 bridgehead atoms. The van der Waals surface area contributed by atoms with Crippen LogP contribution in [0.3, 0.4) is 0 Å². The molecule has 0 saturated carbocycles. The van der Waals surface area contributed by atoms with Gasteiger partial charge in [0.05, 0.1) is 10.9 Å². The van der Waals surface area contributed by atoms with Crippen LogP contribution in [0.2, 0.25) is 0 Å². The first-order chi connectivity index (χ1) is 14.9. The van der Waals surface area contributed by atoms with Crippen molar-refractivity contribution >= 4 is 10.9 Å². The summed E-state index contributed by atoms with van der Waals surface area (Å²) in [4.78, 5) is 20.5. The summed E-state index contributed by atoms with van der Waals surface area (Å²) in [6.45, 7) is 9.21. The Hall–Kier alpha value is -2.97. The van der Waals surface area contributed by atoms with E-state index in [0.29, 0.717) is 29.4 Å². The predicted octanol–water partition coefficient (Wildman–Crippen LogP) is 4.36. The molecule has 160 valence electrons. The van der Waals surface area contributed by atoms with Crippen molar-refractivity contribution < 1.29 is 4.39 Å². The molecule has 0 N–H and O–H groups in total. The van der Waals surface area contributed by atoms with Crippen LogP contribution in [0, 0.1) is 30.5 Å². The van der Waals surface area contributed by atoms with E-state index in [4.69, 9.17) is 0 Å². The summed E-state index contributed by atoms with van der Waals surface area (Å²) in [5.74, 6) is 7.03. The van der Waals surface area contributed by atoms with Crippen LogP contribution in [0.1, 0.15) is 43.6 Å². The Morgan fingerprint density at radius 2 is 1.84 bits per heavy atom. The molecular weight excluding hydrogens is 389 g/mol. The molecule has 1 aliphatic heterocycles. The van der Waals surface area contributed by atoms with E-state index in [1.165, 1.54) is 18.6 Å². The molecule has 0 amide bonds.